The number of amides is 2. The zero-order valence-electron chi connectivity index (χ0n) is 15.7. The van der Waals surface area contributed by atoms with Crippen molar-refractivity contribution in [1.82, 2.24) is 15.6 Å². The number of aliphatic hydroxyl groups excluding tert-OH is 1. The van der Waals surface area contributed by atoms with Crippen molar-refractivity contribution in [2.75, 3.05) is 7.05 Å². The van der Waals surface area contributed by atoms with Gasteiger partial charge >= 0.3 is 0 Å². The van der Waals surface area contributed by atoms with Crippen LogP contribution in [-0.2, 0) is 0 Å². The van der Waals surface area contributed by atoms with Crippen LogP contribution in [0.5, 0.6) is 0 Å². The normalized spacial score (nSPS) is 25.0. The van der Waals surface area contributed by atoms with Crippen LogP contribution in [0.15, 0.2) is 42.5 Å². The van der Waals surface area contributed by atoms with Crippen molar-refractivity contribution < 1.29 is 23.5 Å². The lowest BCUT2D eigenvalue weighted by Crippen LogP contribution is -2.32. The molecule has 0 bridgehead atoms. The van der Waals surface area contributed by atoms with Gasteiger partial charge in [-0.05, 0) is 29.5 Å². The average molecular weight is 401 g/mol. The zero-order valence-corrected chi connectivity index (χ0v) is 15.7. The zero-order chi connectivity index (χ0) is 20.8. The number of hydrogen-bond acceptors (Lipinski definition) is 4. The molecule has 2 aliphatic carbocycles. The highest BCUT2D eigenvalue weighted by molar-refractivity contribution is 5.99. The highest BCUT2D eigenvalue weighted by atomic mass is 19.3. The van der Waals surface area contributed by atoms with Gasteiger partial charge in [0.1, 0.15) is 11.8 Å². The molecule has 29 heavy (non-hydrogen) atoms. The molecule has 1 aromatic carbocycles. The van der Waals surface area contributed by atoms with Gasteiger partial charge in [0.2, 0.25) is 5.92 Å². The van der Waals surface area contributed by atoms with Crippen molar-refractivity contribution in [2.45, 2.75) is 30.9 Å². The van der Waals surface area contributed by atoms with Gasteiger partial charge in [-0.1, -0.05) is 30.3 Å². The molecule has 1 aromatic heterocycles. The number of pyridine rings is 1. The van der Waals surface area contributed by atoms with Crippen LogP contribution in [0.3, 0.4) is 0 Å². The Labute approximate surface area is 166 Å². The third-order valence-corrected chi connectivity index (χ3v) is 5.66. The number of aromatic nitrogens is 1. The molecule has 1 unspecified atom stereocenters. The van der Waals surface area contributed by atoms with Crippen LogP contribution in [0.4, 0.5) is 8.78 Å². The van der Waals surface area contributed by atoms with Crippen LogP contribution in [0.2, 0.25) is 0 Å². The largest absolute Gasteiger partial charge is 0.382 e. The molecule has 0 spiro atoms. The van der Waals surface area contributed by atoms with Gasteiger partial charge in [0.05, 0.1) is 5.69 Å². The fourth-order valence-corrected chi connectivity index (χ4v) is 4.10. The standard InChI is InChI=1S/C21H21F2N3O3/c1-24-20(29)16-8-12(7-15(25-16)18(27)11-5-3-2-4-6-11)19(28)26-17-13-9-21(22,23)10-14(13)17/h2-8,13-14,17-18,27H,9-10H2,1H3,(H,24,29)(H,26,28)/t13-,14+,17+,18?. The summed E-state index contributed by atoms with van der Waals surface area (Å²) in [5.41, 5.74) is 0.873. The van der Waals surface area contributed by atoms with Crippen molar-refractivity contribution >= 4 is 11.8 Å². The Morgan fingerprint density at radius 1 is 1.14 bits per heavy atom. The van der Waals surface area contributed by atoms with Crippen molar-refractivity contribution in [3.8, 4) is 0 Å². The maximum Gasteiger partial charge on any atom is 0.269 e. The monoisotopic (exact) mass is 401 g/mol. The minimum atomic E-state index is -2.65. The first-order valence-corrected chi connectivity index (χ1v) is 9.45. The van der Waals surface area contributed by atoms with E-state index in [9.17, 15) is 23.5 Å². The van der Waals surface area contributed by atoms with Crippen LogP contribution >= 0.6 is 0 Å². The molecule has 0 saturated heterocycles. The number of nitrogens with zero attached hydrogens (tertiary/aromatic N) is 1. The molecule has 8 heteroatoms. The van der Waals surface area contributed by atoms with Crippen LogP contribution in [0.1, 0.15) is 51.0 Å². The summed E-state index contributed by atoms with van der Waals surface area (Å²) in [6, 6.07) is 11.2. The van der Waals surface area contributed by atoms with Gasteiger partial charge in [-0.25, -0.2) is 13.8 Å². The SMILES string of the molecule is CNC(=O)c1cc(C(=O)N[C@H]2[C@@H]3CC(F)(F)C[C@@H]32)cc(C(O)c2ccccc2)n1. The number of alkyl halides is 2. The molecule has 0 aliphatic heterocycles. The highest BCUT2D eigenvalue weighted by Gasteiger charge is 2.63. The lowest BCUT2D eigenvalue weighted by molar-refractivity contribution is -0.00623. The van der Waals surface area contributed by atoms with Crippen LogP contribution in [0, 0.1) is 11.8 Å². The molecular formula is C21H21F2N3O3. The van der Waals surface area contributed by atoms with Crippen molar-refractivity contribution in [3.05, 3.63) is 65.0 Å². The maximum absolute atomic E-state index is 13.3. The van der Waals surface area contributed by atoms with E-state index in [-0.39, 0.29) is 47.7 Å². The number of rotatable bonds is 5. The first kappa shape index (κ1) is 19.4. The summed E-state index contributed by atoms with van der Waals surface area (Å²) >= 11 is 0. The minimum absolute atomic E-state index is 0.00680. The summed E-state index contributed by atoms with van der Waals surface area (Å²) in [6.07, 6.45) is -1.53. The fourth-order valence-electron chi connectivity index (χ4n) is 4.10. The first-order chi connectivity index (χ1) is 13.8. The number of carbonyl (C=O) groups is 2. The lowest BCUT2D eigenvalue weighted by Gasteiger charge is -2.16. The first-order valence-electron chi connectivity index (χ1n) is 9.45. The molecule has 6 nitrogen and oxygen atoms in total. The minimum Gasteiger partial charge on any atom is -0.382 e. The molecule has 2 aromatic rings. The molecule has 4 atom stereocenters. The van der Waals surface area contributed by atoms with Gasteiger partial charge in [-0.15, -0.1) is 0 Å². The molecular weight excluding hydrogens is 380 g/mol. The number of halogens is 2. The van der Waals surface area contributed by atoms with Crippen LogP contribution < -0.4 is 10.6 Å². The predicted octanol–water partition coefficient (Wildman–Crippen LogP) is 2.30. The number of hydrogen-bond donors (Lipinski definition) is 3. The van der Waals surface area contributed by atoms with E-state index in [4.69, 9.17) is 0 Å². The van der Waals surface area contributed by atoms with Gasteiger partial charge in [-0.3, -0.25) is 9.59 Å². The Hall–Kier alpha value is -2.87. The van der Waals surface area contributed by atoms with E-state index >= 15 is 0 Å². The molecule has 3 N–H and O–H groups in total. The predicted molar refractivity (Wildman–Crippen MR) is 101 cm³/mol. The Balaban J connectivity index is 1.58. The second-order valence-electron chi connectivity index (χ2n) is 7.65. The molecule has 2 aliphatic rings. The Kier molecular flexibility index (Phi) is 4.82. The second-order valence-corrected chi connectivity index (χ2v) is 7.65. The molecule has 0 radical (unpaired) electrons. The van der Waals surface area contributed by atoms with E-state index in [1.54, 1.807) is 30.3 Å². The summed E-state index contributed by atoms with van der Waals surface area (Å²) in [4.78, 5) is 29.0. The summed E-state index contributed by atoms with van der Waals surface area (Å²) in [7, 11) is 1.44. The van der Waals surface area contributed by atoms with E-state index in [1.165, 1.54) is 19.2 Å². The quantitative estimate of drug-likeness (QED) is 0.717. The molecule has 2 fully saturated rings. The lowest BCUT2D eigenvalue weighted by atomic mass is 10.0. The molecule has 1 heterocycles. The van der Waals surface area contributed by atoms with Gasteiger partial charge in [-0.2, -0.15) is 0 Å². The van der Waals surface area contributed by atoms with Crippen LogP contribution in [0.25, 0.3) is 0 Å². The number of fused-ring (bicyclic) bond motifs is 1. The fraction of sp³-hybridized carbons (Fsp3) is 0.381. The topological polar surface area (TPSA) is 91.3 Å². The number of nitrogens with one attached hydrogen (secondary N) is 2. The average Bonchev–Trinajstić information content (AvgIpc) is 3.19. The van der Waals surface area contributed by atoms with Crippen molar-refractivity contribution in [3.63, 3.8) is 0 Å². The molecule has 2 amide bonds. The second kappa shape index (κ2) is 7.18. The summed E-state index contributed by atoms with van der Waals surface area (Å²) < 4.78 is 26.7. The smallest absolute Gasteiger partial charge is 0.269 e. The van der Waals surface area contributed by atoms with Gasteiger partial charge in [0, 0.05) is 31.5 Å². The molecule has 152 valence electrons. The van der Waals surface area contributed by atoms with E-state index in [0.29, 0.717) is 5.56 Å². The van der Waals surface area contributed by atoms with Gasteiger partial charge < -0.3 is 15.7 Å². The Bertz CT molecular complexity index is 937. The molecule has 4 rings (SSSR count). The Morgan fingerprint density at radius 3 is 2.41 bits per heavy atom. The van der Waals surface area contributed by atoms with E-state index in [2.05, 4.69) is 15.6 Å². The third kappa shape index (κ3) is 3.85. The summed E-state index contributed by atoms with van der Waals surface area (Å²) in [5.74, 6) is -4.02. The van der Waals surface area contributed by atoms with E-state index in [0.717, 1.165) is 0 Å². The number of aliphatic hydroxyl groups is 1. The third-order valence-electron chi connectivity index (χ3n) is 5.66. The summed E-state index contributed by atoms with van der Waals surface area (Å²) in [6.45, 7) is 0. The van der Waals surface area contributed by atoms with Crippen molar-refractivity contribution in [2.24, 2.45) is 11.8 Å². The highest BCUT2D eigenvalue weighted by Crippen LogP contribution is 2.58. The Morgan fingerprint density at radius 2 is 1.79 bits per heavy atom. The van der Waals surface area contributed by atoms with Crippen molar-refractivity contribution in [1.29, 1.82) is 0 Å². The molecule has 2 saturated carbocycles. The maximum atomic E-state index is 13.3. The van der Waals surface area contributed by atoms with Gasteiger partial charge in [0.25, 0.3) is 11.8 Å². The van der Waals surface area contributed by atoms with E-state index in [1.807, 2.05) is 0 Å². The van der Waals surface area contributed by atoms with Gasteiger partial charge in [0.15, 0.2) is 0 Å². The van der Waals surface area contributed by atoms with Crippen LogP contribution in [-0.4, -0.2) is 40.9 Å². The summed E-state index contributed by atoms with van der Waals surface area (Å²) in [5, 5.41) is 15.9. The number of carbonyl (C=O) groups excluding carboxylic acids is 2. The van der Waals surface area contributed by atoms with E-state index < -0.39 is 23.8 Å². The number of benzene rings is 1.